The van der Waals surface area contributed by atoms with Crippen molar-refractivity contribution in [3.63, 3.8) is 0 Å². The van der Waals surface area contributed by atoms with E-state index in [9.17, 15) is 0 Å². The zero-order valence-corrected chi connectivity index (χ0v) is 11.3. The number of nitrogens with zero attached hydrogens (tertiary/aromatic N) is 3. The molecule has 1 fully saturated rings. The van der Waals surface area contributed by atoms with Crippen LogP contribution in [-0.4, -0.2) is 37.5 Å². The van der Waals surface area contributed by atoms with Gasteiger partial charge in [0.2, 0.25) is 0 Å². The lowest BCUT2D eigenvalue weighted by Crippen LogP contribution is -2.36. The number of hydrogen-bond acceptors (Lipinski definition) is 4. The molecule has 0 unspecified atom stereocenters. The number of pyridine rings is 1. The standard InChI is InChI=1S/C16H17N3O/c1-2-14(12-17-7-1)13-18-15-3-5-16(6-4-15)19-8-10-20-11-9-19/h1-7,12-13H,8-11H2. The van der Waals surface area contributed by atoms with Crippen molar-refractivity contribution in [1.29, 1.82) is 0 Å². The third-order valence-electron chi connectivity index (χ3n) is 3.27. The fourth-order valence-corrected chi connectivity index (χ4v) is 2.17. The van der Waals surface area contributed by atoms with Gasteiger partial charge in [-0.05, 0) is 30.3 Å². The molecular formula is C16H17N3O. The van der Waals surface area contributed by atoms with Crippen LogP contribution in [0.5, 0.6) is 0 Å². The first-order valence-electron chi connectivity index (χ1n) is 6.79. The Bertz CT molecular complexity index is 560. The number of aliphatic imine (C=N–C) groups is 1. The van der Waals surface area contributed by atoms with Crippen molar-refractivity contribution in [2.45, 2.75) is 0 Å². The Morgan fingerprint density at radius 1 is 1.10 bits per heavy atom. The van der Waals surface area contributed by atoms with Crippen LogP contribution in [0, 0.1) is 0 Å². The third kappa shape index (κ3) is 3.22. The van der Waals surface area contributed by atoms with Gasteiger partial charge < -0.3 is 9.64 Å². The number of hydrogen-bond donors (Lipinski definition) is 0. The van der Waals surface area contributed by atoms with E-state index in [4.69, 9.17) is 4.74 Å². The number of aromatic nitrogens is 1. The Balaban J connectivity index is 1.68. The molecule has 1 aromatic carbocycles. The van der Waals surface area contributed by atoms with E-state index in [1.54, 1.807) is 12.4 Å². The van der Waals surface area contributed by atoms with Crippen molar-refractivity contribution in [2.75, 3.05) is 31.2 Å². The van der Waals surface area contributed by atoms with E-state index in [1.165, 1.54) is 5.69 Å². The summed E-state index contributed by atoms with van der Waals surface area (Å²) in [6, 6.07) is 12.2. The molecule has 0 N–H and O–H groups in total. The summed E-state index contributed by atoms with van der Waals surface area (Å²) in [6.07, 6.45) is 5.39. The Morgan fingerprint density at radius 3 is 2.60 bits per heavy atom. The summed E-state index contributed by atoms with van der Waals surface area (Å²) in [5, 5.41) is 0. The lowest BCUT2D eigenvalue weighted by Gasteiger charge is -2.28. The van der Waals surface area contributed by atoms with E-state index >= 15 is 0 Å². The zero-order chi connectivity index (χ0) is 13.6. The summed E-state index contributed by atoms with van der Waals surface area (Å²) in [5.74, 6) is 0. The van der Waals surface area contributed by atoms with Crippen molar-refractivity contribution in [1.82, 2.24) is 4.98 Å². The predicted octanol–water partition coefficient (Wildman–Crippen LogP) is 2.67. The second-order valence-corrected chi connectivity index (χ2v) is 4.66. The van der Waals surface area contributed by atoms with E-state index in [1.807, 2.05) is 30.5 Å². The van der Waals surface area contributed by atoms with Gasteiger partial charge in [0.25, 0.3) is 0 Å². The largest absolute Gasteiger partial charge is 0.378 e. The van der Waals surface area contributed by atoms with Crippen molar-refractivity contribution in [2.24, 2.45) is 4.99 Å². The van der Waals surface area contributed by atoms with Gasteiger partial charge in [0.05, 0.1) is 18.9 Å². The molecule has 1 aliphatic heterocycles. The van der Waals surface area contributed by atoms with Gasteiger partial charge in [0.1, 0.15) is 0 Å². The highest BCUT2D eigenvalue weighted by Gasteiger charge is 2.10. The Labute approximate surface area is 118 Å². The summed E-state index contributed by atoms with van der Waals surface area (Å²) in [7, 11) is 0. The lowest BCUT2D eigenvalue weighted by atomic mass is 10.2. The maximum Gasteiger partial charge on any atom is 0.0642 e. The van der Waals surface area contributed by atoms with Crippen molar-refractivity contribution < 1.29 is 4.74 Å². The summed E-state index contributed by atoms with van der Waals surface area (Å²) >= 11 is 0. The molecule has 2 aromatic rings. The van der Waals surface area contributed by atoms with Gasteiger partial charge in [-0.1, -0.05) is 6.07 Å². The molecule has 0 atom stereocenters. The van der Waals surface area contributed by atoms with Crippen LogP contribution in [0.4, 0.5) is 11.4 Å². The fraction of sp³-hybridized carbons (Fsp3) is 0.250. The molecule has 0 bridgehead atoms. The molecule has 3 rings (SSSR count). The summed E-state index contributed by atoms with van der Waals surface area (Å²) in [4.78, 5) is 10.8. The monoisotopic (exact) mass is 267 g/mol. The lowest BCUT2D eigenvalue weighted by molar-refractivity contribution is 0.122. The molecule has 20 heavy (non-hydrogen) atoms. The quantitative estimate of drug-likeness (QED) is 0.802. The first-order chi connectivity index (χ1) is 9.92. The molecule has 0 amide bonds. The van der Waals surface area contributed by atoms with Crippen LogP contribution < -0.4 is 4.90 Å². The zero-order valence-electron chi connectivity index (χ0n) is 11.3. The van der Waals surface area contributed by atoms with E-state index in [-0.39, 0.29) is 0 Å². The van der Waals surface area contributed by atoms with Gasteiger partial charge in [0, 0.05) is 42.9 Å². The van der Waals surface area contributed by atoms with Crippen LogP contribution in [0.1, 0.15) is 5.56 Å². The van der Waals surface area contributed by atoms with Crippen LogP contribution in [0.3, 0.4) is 0 Å². The molecule has 1 saturated heterocycles. The molecule has 0 saturated carbocycles. The minimum Gasteiger partial charge on any atom is -0.378 e. The van der Waals surface area contributed by atoms with Crippen molar-refractivity contribution in [3.05, 3.63) is 54.4 Å². The van der Waals surface area contributed by atoms with Crippen molar-refractivity contribution >= 4 is 17.6 Å². The van der Waals surface area contributed by atoms with Gasteiger partial charge in [-0.25, -0.2) is 0 Å². The van der Waals surface area contributed by atoms with E-state index in [0.29, 0.717) is 0 Å². The minimum absolute atomic E-state index is 0.806. The van der Waals surface area contributed by atoms with Crippen LogP contribution in [0.2, 0.25) is 0 Å². The van der Waals surface area contributed by atoms with Crippen LogP contribution in [-0.2, 0) is 4.74 Å². The first-order valence-corrected chi connectivity index (χ1v) is 6.79. The Hall–Kier alpha value is -2.20. The SMILES string of the molecule is C(=Nc1ccc(N2CCOCC2)cc1)c1cccnc1. The maximum atomic E-state index is 5.36. The second kappa shape index (κ2) is 6.30. The topological polar surface area (TPSA) is 37.7 Å². The fourth-order valence-electron chi connectivity index (χ4n) is 2.17. The normalized spacial score (nSPS) is 15.7. The highest BCUT2D eigenvalue weighted by molar-refractivity contribution is 5.81. The summed E-state index contributed by atoms with van der Waals surface area (Å²) < 4.78 is 5.36. The highest BCUT2D eigenvalue weighted by atomic mass is 16.5. The van der Waals surface area contributed by atoms with Gasteiger partial charge >= 0.3 is 0 Å². The maximum absolute atomic E-state index is 5.36. The van der Waals surface area contributed by atoms with E-state index in [0.717, 1.165) is 37.6 Å². The molecule has 1 aromatic heterocycles. The Kier molecular flexibility index (Phi) is 4.04. The van der Waals surface area contributed by atoms with Crippen LogP contribution >= 0.6 is 0 Å². The molecule has 4 heteroatoms. The van der Waals surface area contributed by atoms with E-state index < -0.39 is 0 Å². The summed E-state index contributed by atoms with van der Waals surface area (Å²) in [5.41, 5.74) is 3.18. The molecule has 4 nitrogen and oxygen atoms in total. The molecular weight excluding hydrogens is 250 g/mol. The average molecular weight is 267 g/mol. The van der Waals surface area contributed by atoms with Crippen LogP contribution in [0.25, 0.3) is 0 Å². The smallest absolute Gasteiger partial charge is 0.0642 e. The Morgan fingerprint density at radius 2 is 1.90 bits per heavy atom. The van der Waals surface area contributed by atoms with Gasteiger partial charge in [-0.2, -0.15) is 0 Å². The molecule has 1 aliphatic rings. The van der Waals surface area contributed by atoms with Gasteiger partial charge in [-0.3, -0.25) is 9.98 Å². The van der Waals surface area contributed by atoms with Gasteiger partial charge in [0.15, 0.2) is 0 Å². The van der Waals surface area contributed by atoms with Gasteiger partial charge in [-0.15, -0.1) is 0 Å². The number of morpholine rings is 1. The molecule has 0 spiro atoms. The highest BCUT2D eigenvalue weighted by Crippen LogP contribution is 2.20. The summed E-state index contributed by atoms with van der Waals surface area (Å²) in [6.45, 7) is 3.53. The number of benzene rings is 1. The molecule has 2 heterocycles. The number of rotatable bonds is 3. The third-order valence-corrected chi connectivity index (χ3v) is 3.27. The number of ether oxygens (including phenoxy) is 1. The number of anilines is 1. The van der Waals surface area contributed by atoms with Crippen LogP contribution in [0.15, 0.2) is 53.8 Å². The molecule has 0 radical (unpaired) electrons. The molecule has 102 valence electrons. The average Bonchev–Trinajstić information content (AvgIpc) is 2.55. The predicted molar refractivity (Wildman–Crippen MR) is 81.0 cm³/mol. The second-order valence-electron chi connectivity index (χ2n) is 4.66. The first kappa shape index (κ1) is 12.8. The minimum atomic E-state index is 0.806. The molecule has 0 aliphatic carbocycles. The van der Waals surface area contributed by atoms with Crippen molar-refractivity contribution in [3.8, 4) is 0 Å². The van der Waals surface area contributed by atoms with E-state index in [2.05, 4.69) is 27.0 Å².